The topological polar surface area (TPSA) is 67.6 Å². The van der Waals surface area contributed by atoms with Crippen LogP contribution < -0.4 is 5.32 Å². The Morgan fingerprint density at radius 2 is 1.96 bits per heavy atom. The molecule has 2 heterocycles. The van der Waals surface area contributed by atoms with Crippen LogP contribution >= 0.6 is 0 Å². The van der Waals surface area contributed by atoms with Gasteiger partial charge < -0.3 is 19.4 Å². The Hall–Kier alpha value is -2.34. The molecule has 1 aliphatic rings. The van der Waals surface area contributed by atoms with E-state index >= 15 is 0 Å². The van der Waals surface area contributed by atoms with E-state index in [1.807, 2.05) is 44.2 Å². The molecule has 1 saturated heterocycles. The van der Waals surface area contributed by atoms with Gasteiger partial charge in [-0.1, -0.05) is 18.2 Å². The van der Waals surface area contributed by atoms with E-state index in [2.05, 4.69) is 10.3 Å². The Balaban J connectivity index is 1.48. The summed E-state index contributed by atoms with van der Waals surface area (Å²) < 4.78 is 11.1. The molecule has 6 nitrogen and oxygen atoms in total. The van der Waals surface area contributed by atoms with E-state index in [9.17, 15) is 4.79 Å². The van der Waals surface area contributed by atoms with Gasteiger partial charge in [-0.2, -0.15) is 0 Å². The van der Waals surface area contributed by atoms with Gasteiger partial charge in [-0.15, -0.1) is 0 Å². The summed E-state index contributed by atoms with van der Waals surface area (Å²) in [4.78, 5) is 18.5. The van der Waals surface area contributed by atoms with Gasteiger partial charge in [-0.3, -0.25) is 0 Å². The molecule has 1 fully saturated rings. The van der Waals surface area contributed by atoms with Crippen molar-refractivity contribution in [2.45, 2.75) is 32.5 Å². The first kappa shape index (κ1) is 16.5. The van der Waals surface area contributed by atoms with Crippen molar-refractivity contribution in [1.82, 2.24) is 15.2 Å². The van der Waals surface area contributed by atoms with Crippen LogP contribution in [0.4, 0.5) is 4.79 Å². The highest BCUT2D eigenvalue weighted by molar-refractivity contribution is 5.74. The minimum absolute atomic E-state index is 0.0521. The molecule has 0 unspecified atom stereocenters. The predicted octanol–water partition coefficient (Wildman–Crippen LogP) is 2.70. The zero-order valence-corrected chi connectivity index (χ0v) is 14.1. The Kier molecular flexibility index (Phi) is 5.15. The number of nitrogens with one attached hydrogen (secondary N) is 1. The molecule has 0 spiro atoms. The first-order valence-corrected chi connectivity index (χ1v) is 8.30. The molecule has 0 aliphatic carbocycles. The molecule has 0 saturated carbocycles. The number of oxazole rings is 1. The van der Waals surface area contributed by atoms with E-state index in [1.54, 1.807) is 11.2 Å². The fraction of sp³-hybridized carbons (Fsp3) is 0.444. The molecule has 1 aromatic heterocycles. The van der Waals surface area contributed by atoms with Crippen molar-refractivity contribution in [2.75, 3.05) is 19.6 Å². The lowest BCUT2D eigenvalue weighted by atomic mass is 10.2. The second kappa shape index (κ2) is 7.49. The van der Waals surface area contributed by atoms with Crippen molar-refractivity contribution in [2.24, 2.45) is 0 Å². The summed E-state index contributed by atoms with van der Waals surface area (Å²) in [5, 5.41) is 2.94. The molecule has 1 N–H and O–H groups in total. The van der Waals surface area contributed by atoms with Gasteiger partial charge in [-0.05, 0) is 26.0 Å². The van der Waals surface area contributed by atoms with Gasteiger partial charge in [0.15, 0.2) is 0 Å². The summed E-state index contributed by atoms with van der Waals surface area (Å²) in [6.45, 7) is 5.74. The third-order valence-electron chi connectivity index (χ3n) is 3.94. The quantitative estimate of drug-likeness (QED) is 0.936. The lowest BCUT2D eigenvalue weighted by molar-refractivity contribution is -0.0544. The third-order valence-corrected chi connectivity index (χ3v) is 3.94. The van der Waals surface area contributed by atoms with Gasteiger partial charge >= 0.3 is 6.03 Å². The van der Waals surface area contributed by atoms with Crippen LogP contribution in [0.1, 0.15) is 19.5 Å². The molecule has 24 heavy (non-hydrogen) atoms. The fourth-order valence-electron chi connectivity index (χ4n) is 2.89. The van der Waals surface area contributed by atoms with Crippen LogP contribution in [-0.4, -0.2) is 47.8 Å². The van der Waals surface area contributed by atoms with Crippen LogP contribution in [0.25, 0.3) is 11.5 Å². The highest BCUT2D eigenvalue weighted by atomic mass is 16.5. The molecule has 2 atom stereocenters. The maximum Gasteiger partial charge on any atom is 0.317 e. The van der Waals surface area contributed by atoms with Gasteiger partial charge in [0, 0.05) is 31.6 Å². The molecule has 2 aromatic rings. The van der Waals surface area contributed by atoms with Gasteiger partial charge in [0.1, 0.15) is 6.26 Å². The van der Waals surface area contributed by atoms with Crippen LogP contribution in [0, 0.1) is 0 Å². The van der Waals surface area contributed by atoms with Crippen molar-refractivity contribution in [3.63, 3.8) is 0 Å². The number of urea groups is 1. The normalized spacial score (nSPS) is 20.8. The second-order valence-corrected chi connectivity index (χ2v) is 6.15. The Bertz CT molecular complexity index is 661. The first-order valence-electron chi connectivity index (χ1n) is 8.30. The number of carbonyl (C=O) groups is 1. The minimum atomic E-state index is -0.0521. The van der Waals surface area contributed by atoms with Gasteiger partial charge in [-0.25, -0.2) is 9.78 Å². The Labute approximate surface area is 141 Å². The standard InChI is InChI=1S/C18H23N3O3/c1-13-10-21(11-14(2)24-13)18(22)19-9-8-16-12-23-17(20-16)15-6-4-3-5-7-15/h3-7,12-14H,8-11H2,1-2H3,(H,19,22)/t13-,14+. The molecule has 2 amide bonds. The SMILES string of the molecule is C[C@@H]1CN(C(=O)NCCc2coc(-c3ccccc3)n2)C[C@H](C)O1. The summed E-state index contributed by atoms with van der Waals surface area (Å²) >= 11 is 0. The minimum Gasteiger partial charge on any atom is -0.444 e. The highest BCUT2D eigenvalue weighted by Crippen LogP contribution is 2.18. The number of nitrogens with zero attached hydrogens (tertiary/aromatic N) is 2. The Morgan fingerprint density at radius 3 is 2.67 bits per heavy atom. The summed E-state index contributed by atoms with van der Waals surface area (Å²) in [5.74, 6) is 0.604. The first-order chi connectivity index (χ1) is 11.6. The zero-order valence-electron chi connectivity index (χ0n) is 14.1. The predicted molar refractivity (Wildman–Crippen MR) is 90.6 cm³/mol. The smallest absolute Gasteiger partial charge is 0.317 e. The van der Waals surface area contributed by atoms with Gasteiger partial charge in [0.25, 0.3) is 0 Å². The molecule has 128 valence electrons. The number of amides is 2. The van der Waals surface area contributed by atoms with Crippen LogP contribution in [-0.2, 0) is 11.2 Å². The third kappa shape index (κ3) is 4.14. The molecule has 3 rings (SSSR count). The van der Waals surface area contributed by atoms with Crippen molar-refractivity contribution >= 4 is 6.03 Å². The largest absolute Gasteiger partial charge is 0.444 e. The molecule has 1 aliphatic heterocycles. The number of hydrogen-bond donors (Lipinski definition) is 1. The number of benzene rings is 1. The van der Waals surface area contributed by atoms with Crippen molar-refractivity contribution in [3.8, 4) is 11.5 Å². The van der Waals surface area contributed by atoms with Crippen molar-refractivity contribution in [1.29, 1.82) is 0 Å². The lowest BCUT2D eigenvalue weighted by Gasteiger charge is -2.35. The van der Waals surface area contributed by atoms with Gasteiger partial charge in [0.05, 0.1) is 17.9 Å². The number of ether oxygens (including phenoxy) is 1. The van der Waals surface area contributed by atoms with E-state index in [0.29, 0.717) is 31.9 Å². The summed E-state index contributed by atoms with van der Waals surface area (Å²) in [6, 6.07) is 9.71. The molecule has 1 aromatic carbocycles. The number of aromatic nitrogens is 1. The number of hydrogen-bond acceptors (Lipinski definition) is 4. The maximum absolute atomic E-state index is 12.2. The van der Waals surface area contributed by atoms with E-state index < -0.39 is 0 Å². The number of morpholine rings is 1. The van der Waals surface area contributed by atoms with E-state index in [-0.39, 0.29) is 18.2 Å². The maximum atomic E-state index is 12.2. The number of rotatable bonds is 4. The van der Waals surface area contributed by atoms with Crippen molar-refractivity contribution < 1.29 is 13.9 Å². The summed E-state index contributed by atoms with van der Waals surface area (Å²) in [5.41, 5.74) is 1.78. The van der Waals surface area contributed by atoms with Crippen LogP contribution in [0.3, 0.4) is 0 Å². The summed E-state index contributed by atoms with van der Waals surface area (Å²) in [6.07, 6.45) is 2.43. The average molecular weight is 329 g/mol. The van der Waals surface area contributed by atoms with E-state index in [0.717, 1.165) is 11.3 Å². The number of carbonyl (C=O) groups excluding carboxylic acids is 1. The Morgan fingerprint density at radius 1 is 1.25 bits per heavy atom. The zero-order chi connectivity index (χ0) is 16.9. The molecular weight excluding hydrogens is 306 g/mol. The van der Waals surface area contributed by atoms with Crippen LogP contribution in [0.5, 0.6) is 0 Å². The summed E-state index contributed by atoms with van der Waals surface area (Å²) in [7, 11) is 0. The monoisotopic (exact) mass is 329 g/mol. The fourth-order valence-corrected chi connectivity index (χ4v) is 2.89. The molecular formula is C18H23N3O3. The van der Waals surface area contributed by atoms with Crippen LogP contribution in [0.2, 0.25) is 0 Å². The van der Waals surface area contributed by atoms with Gasteiger partial charge in [0.2, 0.25) is 5.89 Å². The van der Waals surface area contributed by atoms with Crippen LogP contribution in [0.15, 0.2) is 41.0 Å². The molecule has 0 radical (unpaired) electrons. The second-order valence-electron chi connectivity index (χ2n) is 6.15. The highest BCUT2D eigenvalue weighted by Gasteiger charge is 2.25. The molecule has 0 bridgehead atoms. The lowest BCUT2D eigenvalue weighted by Crippen LogP contribution is -2.51. The average Bonchev–Trinajstić information content (AvgIpc) is 3.03. The van der Waals surface area contributed by atoms with Crippen molar-refractivity contribution in [3.05, 3.63) is 42.3 Å². The van der Waals surface area contributed by atoms with E-state index in [1.165, 1.54) is 0 Å². The van der Waals surface area contributed by atoms with E-state index in [4.69, 9.17) is 9.15 Å². The molecule has 6 heteroatoms.